The van der Waals surface area contributed by atoms with Crippen molar-refractivity contribution in [3.05, 3.63) is 58.9 Å². The fraction of sp³-hybridized carbons (Fsp3) is 0.250. The SMILES string of the molecule is O=C(Oc1ccccc1)N1CCCN(C(=O)c2cnc(-c3cccs3)s2)CC1. The van der Waals surface area contributed by atoms with Crippen molar-refractivity contribution in [1.29, 1.82) is 0 Å². The Kier molecular flexibility index (Phi) is 5.68. The van der Waals surface area contributed by atoms with E-state index in [0.717, 1.165) is 9.88 Å². The second-order valence-corrected chi connectivity index (χ2v) is 8.30. The number of ether oxygens (including phenoxy) is 1. The molecule has 0 N–H and O–H groups in total. The number of nitrogens with zero attached hydrogens (tertiary/aromatic N) is 3. The van der Waals surface area contributed by atoms with Crippen LogP contribution in [0.5, 0.6) is 5.75 Å². The van der Waals surface area contributed by atoms with Crippen LogP contribution >= 0.6 is 22.7 Å². The number of thiophene rings is 1. The molecule has 0 spiro atoms. The third kappa shape index (κ3) is 4.23. The molecule has 2 aromatic heterocycles. The van der Waals surface area contributed by atoms with Gasteiger partial charge in [0.25, 0.3) is 5.91 Å². The van der Waals surface area contributed by atoms with Crippen LogP contribution in [0.2, 0.25) is 0 Å². The molecular formula is C20H19N3O3S2. The van der Waals surface area contributed by atoms with Crippen LogP contribution in [0.1, 0.15) is 16.1 Å². The van der Waals surface area contributed by atoms with Crippen LogP contribution in [0.15, 0.2) is 54.0 Å². The van der Waals surface area contributed by atoms with Crippen molar-refractivity contribution in [3.63, 3.8) is 0 Å². The summed E-state index contributed by atoms with van der Waals surface area (Å²) in [6.45, 7) is 2.11. The number of benzene rings is 1. The minimum atomic E-state index is -0.377. The summed E-state index contributed by atoms with van der Waals surface area (Å²) in [6.07, 6.45) is 1.99. The average Bonchev–Trinajstić information content (AvgIpc) is 3.35. The number of amides is 2. The maximum atomic E-state index is 12.9. The molecule has 3 heterocycles. The number of hydrogen-bond acceptors (Lipinski definition) is 6. The highest BCUT2D eigenvalue weighted by molar-refractivity contribution is 7.21. The van der Waals surface area contributed by atoms with Gasteiger partial charge >= 0.3 is 6.09 Å². The van der Waals surface area contributed by atoms with Gasteiger partial charge < -0.3 is 14.5 Å². The molecule has 1 aromatic carbocycles. The maximum absolute atomic E-state index is 12.9. The minimum absolute atomic E-state index is 0.0291. The van der Waals surface area contributed by atoms with Crippen LogP contribution in [-0.4, -0.2) is 53.0 Å². The van der Waals surface area contributed by atoms with E-state index in [1.807, 2.05) is 35.7 Å². The summed E-state index contributed by atoms with van der Waals surface area (Å²) in [7, 11) is 0. The summed E-state index contributed by atoms with van der Waals surface area (Å²) in [5.41, 5.74) is 0. The molecule has 1 fully saturated rings. The van der Waals surface area contributed by atoms with Crippen LogP contribution in [0.3, 0.4) is 0 Å². The molecule has 0 saturated carbocycles. The Hall–Kier alpha value is -2.71. The van der Waals surface area contributed by atoms with Crippen molar-refractivity contribution in [2.45, 2.75) is 6.42 Å². The number of para-hydroxylation sites is 1. The van der Waals surface area contributed by atoms with Crippen molar-refractivity contribution in [2.24, 2.45) is 0 Å². The zero-order valence-corrected chi connectivity index (χ0v) is 16.7. The van der Waals surface area contributed by atoms with E-state index in [2.05, 4.69) is 4.98 Å². The summed E-state index contributed by atoms with van der Waals surface area (Å²) in [6, 6.07) is 13.0. The van der Waals surface area contributed by atoms with Gasteiger partial charge in [0.1, 0.15) is 15.6 Å². The Morgan fingerprint density at radius 1 is 0.964 bits per heavy atom. The number of rotatable bonds is 3. The van der Waals surface area contributed by atoms with Crippen molar-refractivity contribution >= 4 is 34.7 Å². The molecule has 28 heavy (non-hydrogen) atoms. The van der Waals surface area contributed by atoms with E-state index in [9.17, 15) is 9.59 Å². The molecule has 6 nitrogen and oxygen atoms in total. The second kappa shape index (κ2) is 8.53. The molecule has 144 valence electrons. The standard InChI is InChI=1S/C20H19N3O3S2/c24-19(17-14-21-18(28-17)16-8-4-13-27-16)22-9-5-10-23(12-11-22)20(25)26-15-6-2-1-3-7-15/h1-4,6-8,13-14H,5,9-12H2. The van der Waals surface area contributed by atoms with E-state index in [4.69, 9.17) is 4.74 Å². The van der Waals surface area contributed by atoms with Gasteiger partial charge in [-0.2, -0.15) is 0 Å². The van der Waals surface area contributed by atoms with E-state index >= 15 is 0 Å². The highest BCUT2D eigenvalue weighted by Crippen LogP contribution is 2.29. The number of thiazole rings is 1. The monoisotopic (exact) mass is 413 g/mol. The Morgan fingerprint density at radius 3 is 2.54 bits per heavy atom. The maximum Gasteiger partial charge on any atom is 0.415 e. The van der Waals surface area contributed by atoms with Crippen LogP contribution in [0, 0.1) is 0 Å². The minimum Gasteiger partial charge on any atom is -0.410 e. The van der Waals surface area contributed by atoms with E-state index in [-0.39, 0.29) is 12.0 Å². The average molecular weight is 414 g/mol. The first-order valence-electron chi connectivity index (χ1n) is 9.01. The summed E-state index contributed by atoms with van der Waals surface area (Å²) in [5, 5.41) is 2.86. The van der Waals surface area contributed by atoms with Crippen LogP contribution in [-0.2, 0) is 0 Å². The first kappa shape index (κ1) is 18.6. The highest BCUT2D eigenvalue weighted by atomic mass is 32.1. The molecule has 1 aliphatic rings. The fourth-order valence-electron chi connectivity index (χ4n) is 3.00. The van der Waals surface area contributed by atoms with Gasteiger partial charge in [-0.15, -0.1) is 22.7 Å². The molecule has 0 atom stereocenters. The van der Waals surface area contributed by atoms with Crippen LogP contribution < -0.4 is 4.74 Å². The largest absolute Gasteiger partial charge is 0.415 e. The lowest BCUT2D eigenvalue weighted by molar-refractivity contribution is 0.0764. The van der Waals surface area contributed by atoms with Gasteiger partial charge in [-0.1, -0.05) is 24.3 Å². The van der Waals surface area contributed by atoms with Crippen molar-refractivity contribution < 1.29 is 14.3 Å². The lowest BCUT2D eigenvalue weighted by Gasteiger charge is -2.21. The smallest absolute Gasteiger partial charge is 0.410 e. The molecular weight excluding hydrogens is 394 g/mol. The van der Waals surface area contributed by atoms with E-state index in [0.29, 0.717) is 43.2 Å². The van der Waals surface area contributed by atoms with Gasteiger partial charge in [-0.05, 0) is 30.0 Å². The summed E-state index contributed by atoms with van der Waals surface area (Å²) < 4.78 is 5.41. The molecule has 1 saturated heterocycles. The third-order valence-corrected chi connectivity index (χ3v) is 6.46. The van der Waals surface area contributed by atoms with Crippen molar-refractivity contribution in [1.82, 2.24) is 14.8 Å². The quantitative estimate of drug-likeness (QED) is 0.645. The summed E-state index contributed by atoms with van der Waals surface area (Å²) in [5.74, 6) is 0.494. The van der Waals surface area contributed by atoms with Gasteiger partial charge in [0.2, 0.25) is 0 Å². The zero-order valence-electron chi connectivity index (χ0n) is 15.1. The highest BCUT2D eigenvalue weighted by Gasteiger charge is 2.25. The summed E-state index contributed by atoms with van der Waals surface area (Å²) >= 11 is 3.02. The number of hydrogen-bond donors (Lipinski definition) is 0. The van der Waals surface area contributed by atoms with Gasteiger partial charge in [-0.25, -0.2) is 9.78 Å². The lowest BCUT2D eigenvalue weighted by atomic mass is 10.3. The van der Waals surface area contributed by atoms with Crippen LogP contribution in [0.25, 0.3) is 9.88 Å². The molecule has 3 aromatic rings. The normalized spacial score (nSPS) is 14.6. The predicted octanol–water partition coefficient (Wildman–Crippen LogP) is 4.22. The van der Waals surface area contributed by atoms with E-state index in [1.54, 1.807) is 39.5 Å². The lowest BCUT2D eigenvalue weighted by Crippen LogP contribution is -2.38. The third-order valence-electron chi connectivity index (χ3n) is 4.44. The van der Waals surface area contributed by atoms with E-state index < -0.39 is 0 Å². The molecule has 0 unspecified atom stereocenters. The van der Waals surface area contributed by atoms with Gasteiger partial charge in [-0.3, -0.25) is 4.79 Å². The first-order chi connectivity index (χ1) is 13.7. The molecule has 0 aliphatic carbocycles. The zero-order chi connectivity index (χ0) is 19.3. The Balaban J connectivity index is 1.37. The number of aromatic nitrogens is 1. The molecule has 1 aliphatic heterocycles. The molecule has 2 amide bonds. The number of carbonyl (C=O) groups is 2. The van der Waals surface area contributed by atoms with Gasteiger partial charge in [0.05, 0.1) is 11.1 Å². The molecule has 4 rings (SSSR count). The number of carbonyl (C=O) groups excluding carboxylic acids is 2. The summed E-state index contributed by atoms with van der Waals surface area (Å²) in [4.78, 5) is 34.8. The predicted molar refractivity (Wildman–Crippen MR) is 110 cm³/mol. The Bertz CT molecular complexity index is 941. The first-order valence-corrected chi connectivity index (χ1v) is 10.7. The molecule has 0 bridgehead atoms. The topological polar surface area (TPSA) is 62.7 Å². The van der Waals surface area contributed by atoms with Gasteiger partial charge in [0, 0.05) is 26.2 Å². The van der Waals surface area contributed by atoms with E-state index in [1.165, 1.54) is 11.3 Å². The van der Waals surface area contributed by atoms with Crippen molar-refractivity contribution in [2.75, 3.05) is 26.2 Å². The Labute approximate surface area is 171 Å². The Morgan fingerprint density at radius 2 is 1.75 bits per heavy atom. The molecule has 0 radical (unpaired) electrons. The molecule has 8 heteroatoms. The fourth-order valence-corrected chi connectivity index (χ4v) is 4.69. The van der Waals surface area contributed by atoms with Gasteiger partial charge in [0.15, 0.2) is 0 Å². The second-order valence-electron chi connectivity index (χ2n) is 6.32. The van der Waals surface area contributed by atoms with Crippen LogP contribution in [0.4, 0.5) is 4.79 Å². The van der Waals surface area contributed by atoms with Crippen molar-refractivity contribution in [3.8, 4) is 15.6 Å².